The zero-order valence-corrected chi connectivity index (χ0v) is 16.9. The predicted molar refractivity (Wildman–Crippen MR) is 108 cm³/mol. The minimum absolute atomic E-state index is 0.110. The summed E-state index contributed by atoms with van der Waals surface area (Å²) in [6.07, 6.45) is 2.09. The molecule has 3 rings (SSSR count). The minimum Gasteiger partial charge on any atom is -0.493 e. The monoisotopic (exact) mass is 402 g/mol. The third kappa shape index (κ3) is 5.33. The van der Waals surface area contributed by atoms with E-state index in [1.165, 1.54) is 4.31 Å². The Morgan fingerprint density at radius 3 is 2.32 bits per heavy atom. The van der Waals surface area contributed by atoms with E-state index in [1.807, 2.05) is 31.2 Å². The zero-order chi connectivity index (χ0) is 20.0. The molecule has 1 N–H and O–H groups in total. The molecule has 150 valence electrons. The van der Waals surface area contributed by atoms with E-state index in [-0.39, 0.29) is 12.3 Å². The zero-order valence-electron chi connectivity index (χ0n) is 16.1. The number of ether oxygens (including phenoxy) is 1. The normalized spacial score (nSPS) is 14.8. The fourth-order valence-electron chi connectivity index (χ4n) is 3.04. The van der Waals surface area contributed by atoms with Crippen LogP contribution in [-0.2, 0) is 21.4 Å². The Morgan fingerprint density at radius 2 is 1.68 bits per heavy atom. The van der Waals surface area contributed by atoms with Crippen molar-refractivity contribution in [2.24, 2.45) is 0 Å². The second kappa shape index (κ2) is 9.21. The molecule has 0 aromatic heterocycles. The van der Waals surface area contributed by atoms with Gasteiger partial charge in [-0.15, -0.1) is 0 Å². The standard InChI is InChI=1S/C21H26N2O4S/c1-17-4-8-19(9-5-17)27-15-12-21(24)22-16-18-6-10-20(11-7-18)28(25,26)23-13-2-3-14-23/h4-11H,2-3,12-16H2,1H3,(H,22,24). The Balaban J connectivity index is 1.44. The number of sulfonamides is 1. The van der Waals surface area contributed by atoms with Gasteiger partial charge in [0, 0.05) is 19.6 Å². The minimum atomic E-state index is -3.40. The van der Waals surface area contributed by atoms with Crippen LogP contribution in [0.25, 0.3) is 0 Å². The molecule has 1 heterocycles. The van der Waals surface area contributed by atoms with Gasteiger partial charge < -0.3 is 10.1 Å². The van der Waals surface area contributed by atoms with E-state index in [4.69, 9.17) is 4.74 Å². The van der Waals surface area contributed by atoms with Crippen LogP contribution in [0.1, 0.15) is 30.4 Å². The topological polar surface area (TPSA) is 75.7 Å². The summed E-state index contributed by atoms with van der Waals surface area (Å²) in [7, 11) is -3.40. The molecule has 7 heteroatoms. The third-order valence-corrected chi connectivity index (χ3v) is 6.65. The molecule has 2 aromatic carbocycles. The van der Waals surface area contributed by atoms with E-state index in [0.29, 0.717) is 31.1 Å². The van der Waals surface area contributed by atoms with Crippen molar-refractivity contribution in [3.05, 3.63) is 59.7 Å². The van der Waals surface area contributed by atoms with Gasteiger partial charge in [-0.1, -0.05) is 29.8 Å². The molecule has 6 nitrogen and oxygen atoms in total. The largest absolute Gasteiger partial charge is 0.493 e. The van der Waals surface area contributed by atoms with Gasteiger partial charge in [0.15, 0.2) is 0 Å². The summed E-state index contributed by atoms with van der Waals surface area (Å²) in [6, 6.07) is 14.4. The van der Waals surface area contributed by atoms with Crippen LogP contribution in [-0.4, -0.2) is 38.3 Å². The van der Waals surface area contributed by atoms with Gasteiger partial charge in [0.25, 0.3) is 0 Å². The maximum atomic E-state index is 12.5. The Morgan fingerprint density at radius 1 is 1.04 bits per heavy atom. The van der Waals surface area contributed by atoms with Crippen LogP contribution in [0.4, 0.5) is 0 Å². The first kappa shape index (κ1) is 20.4. The average Bonchev–Trinajstić information content (AvgIpc) is 3.24. The van der Waals surface area contributed by atoms with E-state index in [0.717, 1.165) is 29.7 Å². The van der Waals surface area contributed by atoms with Crippen molar-refractivity contribution in [2.45, 2.75) is 37.6 Å². The molecule has 2 aromatic rings. The Bertz CT molecular complexity index is 887. The van der Waals surface area contributed by atoms with Crippen molar-refractivity contribution < 1.29 is 17.9 Å². The van der Waals surface area contributed by atoms with Gasteiger partial charge in [-0.25, -0.2) is 8.42 Å². The summed E-state index contributed by atoms with van der Waals surface area (Å²) in [5.41, 5.74) is 2.01. The maximum absolute atomic E-state index is 12.5. The number of amides is 1. The first-order valence-electron chi connectivity index (χ1n) is 9.50. The average molecular weight is 403 g/mol. The molecule has 0 atom stereocenters. The van der Waals surface area contributed by atoms with Gasteiger partial charge in [0.1, 0.15) is 5.75 Å². The molecule has 1 amide bonds. The van der Waals surface area contributed by atoms with Crippen molar-refractivity contribution in [3.63, 3.8) is 0 Å². The molecule has 1 saturated heterocycles. The van der Waals surface area contributed by atoms with Gasteiger partial charge >= 0.3 is 0 Å². The molecule has 0 radical (unpaired) electrons. The molecule has 1 fully saturated rings. The van der Waals surface area contributed by atoms with Crippen molar-refractivity contribution >= 4 is 15.9 Å². The lowest BCUT2D eigenvalue weighted by atomic mass is 10.2. The number of carbonyl (C=O) groups is 1. The van der Waals surface area contributed by atoms with E-state index in [2.05, 4.69) is 5.32 Å². The molecular weight excluding hydrogens is 376 g/mol. The SMILES string of the molecule is Cc1ccc(OCCC(=O)NCc2ccc(S(=O)(=O)N3CCCC3)cc2)cc1. The molecule has 0 unspecified atom stereocenters. The highest BCUT2D eigenvalue weighted by Gasteiger charge is 2.26. The smallest absolute Gasteiger partial charge is 0.243 e. The van der Waals surface area contributed by atoms with Crippen LogP contribution in [0.15, 0.2) is 53.4 Å². The van der Waals surface area contributed by atoms with Crippen LogP contribution in [0, 0.1) is 6.92 Å². The van der Waals surface area contributed by atoms with Gasteiger partial charge in [-0.05, 0) is 49.6 Å². The number of nitrogens with zero attached hydrogens (tertiary/aromatic N) is 1. The second-order valence-corrected chi connectivity index (χ2v) is 8.88. The molecule has 28 heavy (non-hydrogen) atoms. The number of hydrogen-bond donors (Lipinski definition) is 1. The Labute approximate surface area is 166 Å². The lowest BCUT2D eigenvalue weighted by Gasteiger charge is -2.15. The summed E-state index contributed by atoms with van der Waals surface area (Å²) in [5, 5.41) is 2.83. The van der Waals surface area contributed by atoms with Crippen molar-refractivity contribution in [3.8, 4) is 5.75 Å². The molecular formula is C21H26N2O4S. The first-order valence-corrected chi connectivity index (χ1v) is 10.9. The quantitative estimate of drug-likeness (QED) is 0.737. The summed E-state index contributed by atoms with van der Waals surface area (Å²) < 4.78 is 32.1. The van der Waals surface area contributed by atoms with Crippen molar-refractivity contribution in [2.75, 3.05) is 19.7 Å². The van der Waals surface area contributed by atoms with E-state index in [1.54, 1.807) is 24.3 Å². The summed E-state index contributed by atoms with van der Waals surface area (Å²) in [6.45, 7) is 3.84. The lowest BCUT2D eigenvalue weighted by Crippen LogP contribution is -2.28. The van der Waals surface area contributed by atoms with E-state index < -0.39 is 10.0 Å². The summed E-state index contributed by atoms with van der Waals surface area (Å²) in [5.74, 6) is 0.633. The van der Waals surface area contributed by atoms with E-state index in [9.17, 15) is 13.2 Å². The number of rotatable bonds is 8. The summed E-state index contributed by atoms with van der Waals surface area (Å²) >= 11 is 0. The van der Waals surface area contributed by atoms with Crippen LogP contribution in [0.5, 0.6) is 5.75 Å². The fraction of sp³-hybridized carbons (Fsp3) is 0.381. The molecule has 0 bridgehead atoms. The number of carbonyl (C=O) groups excluding carboxylic acids is 1. The second-order valence-electron chi connectivity index (χ2n) is 6.94. The third-order valence-electron chi connectivity index (χ3n) is 4.73. The van der Waals surface area contributed by atoms with Gasteiger partial charge in [0.2, 0.25) is 15.9 Å². The molecule has 1 aliphatic rings. The first-order chi connectivity index (χ1) is 13.4. The Kier molecular flexibility index (Phi) is 6.70. The molecule has 0 aliphatic carbocycles. The van der Waals surface area contributed by atoms with Crippen molar-refractivity contribution in [1.29, 1.82) is 0 Å². The lowest BCUT2D eigenvalue weighted by molar-refractivity contribution is -0.121. The molecule has 0 spiro atoms. The highest BCUT2D eigenvalue weighted by Crippen LogP contribution is 2.21. The van der Waals surface area contributed by atoms with Gasteiger partial charge in [0.05, 0.1) is 17.9 Å². The molecule has 0 saturated carbocycles. The van der Waals surface area contributed by atoms with Crippen LogP contribution < -0.4 is 10.1 Å². The Hall–Kier alpha value is -2.38. The highest BCUT2D eigenvalue weighted by molar-refractivity contribution is 7.89. The highest BCUT2D eigenvalue weighted by atomic mass is 32.2. The maximum Gasteiger partial charge on any atom is 0.243 e. The van der Waals surface area contributed by atoms with Gasteiger partial charge in [-0.3, -0.25) is 4.79 Å². The van der Waals surface area contributed by atoms with Crippen LogP contribution in [0.2, 0.25) is 0 Å². The number of benzene rings is 2. The number of aryl methyl sites for hydroxylation is 1. The van der Waals surface area contributed by atoms with Gasteiger partial charge in [-0.2, -0.15) is 4.31 Å². The number of nitrogens with one attached hydrogen (secondary N) is 1. The predicted octanol–water partition coefficient (Wildman–Crippen LogP) is 2.86. The van der Waals surface area contributed by atoms with Crippen molar-refractivity contribution in [1.82, 2.24) is 9.62 Å². The van der Waals surface area contributed by atoms with Crippen LogP contribution in [0.3, 0.4) is 0 Å². The van der Waals surface area contributed by atoms with Crippen LogP contribution >= 0.6 is 0 Å². The summed E-state index contributed by atoms with van der Waals surface area (Å²) in [4.78, 5) is 12.3. The molecule has 1 aliphatic heterocycles. The number of hydrogen-bond acceptors (Lipinski definition) is 4. The fourth-order valence-corrected chi connectivity index (χ4v) is 4.56. The van der Waals surface area contributed by atoms with E-state index >= 15 is 0 Å².